The first-order valence-corrected chi connectivity index (χ1v) is 7.02. The highest BCUT2D eigenvalue weighted by Crippen LogP contribution is 2.19. The zero-order valence-electron chi connectivity index (χ0n) is 10.4. The summed E-state index contributed by atoms with van der Waals surface area (Å²) in [6.45, 7) is 0.233. The molecule has 0 bridgehead atoms. The predicted molar refractivity (Wildman–Crippen MR) is 76.0 cm³/mol. The predicted octanol–water partition coefficient (Wildman–Crippen LogP) is 3.16. The van der Waals surface area contributed by atoms with E-state index in [0.29, 0.717) is 5.56 Å². The van der Waals surface area contributed by atoms with E-state index < -0.39 is 0 Å². The van der Waals surface area contributed by atoms with Gasteiger partial charge < -0.3 is 10.2 Å². The van der Waals surface area contributed by atoms with Crippen molar-refractivity contribution in [1.29, 1.82) is 0 Å². The molecule has 2 nitrogen and oxygen atoms in total. The van der Waals surface area contributed by atoms with Gasteiger partial charge in [-0.2, -0.15) is 0 Å². The average molecular weight is 275 g/mol. The van der Waals surface area contributed by atoms with Crippen LogP contribution in [0.15, 0.2) is 41.0 Å². The second kappa shape index (κ2) is 7.03. The number of hydrogen-bond donors (Lipinski definition) is 1. The van der Waals surface area contributed by atoms with Crippen molar-refractivity contribution in [3.63, 3.8) is 0 Å². The normalized spacial score (nSPS) is 10.0. The van der Waals surface area contributed by atoms with Crippen molar-refractivity contribution in [3.8, 4) is 11.8 Å². The van der Waals surface area contributed by atoms with Crippen LogP contribution < -0.4 is 5.73 Å². The van der Waals surface area contributed by atoms with E-state index in [4.69, 9.17) is 10.2 Å². The van der Waals surface area contributed by atoms with Gasteiger partial charge in [0.15, 0.2) is 0 Å². The molecule has 1 aromatic heterocycles. The Labute approximate surface area is 116 Å². The third-order valence-electron chi connectivity index (χ3n) is 2.45. The third-order valence-corrected chi connectivity index (χ3v) is 3.48. The molecule has 0 radical (unpaired) electrons. The summed E-state index contributed by atoms with van der Waals surface area (Å²) < 4.78 is 18.7. The van der Waals surface area contributed by atoms with Gasteiger partial charge >= 0.3 is 0 Å². The molecule has 0 fully saturated rings. The molecule has 2 aromatic rings. The zero-order chi connectivity index (χ0) is 13.5. The summed E-state index contributed by atoms with van der Waals surface area (Å²) in [7, 11) is 0. The van der Waals surface area contributed by atoms with Crippen LogP contribution in [0.3, 0.4) is 0 Å². The summed E-state index contributed by atoms with van der Waals surface area (Å²) in [5.74, 6) is 7.63. The second-order valence-electron chi connectivity index (χ2n) is 3.89. The molecule has 0 saturated carbocycles. The Kier molecular flexibility index (Phi) is 5.08. The summed E-state index contributed by atoms with van der Waals surface area (Å²) >= 11 is 1.71. The van der Waals surface area contributed by atoms with Gasteiger partial charge in [-0.1, -0.05) is 17.9 Å². The van der Waals surface area contributed by atoms with Crippen molar-refractivity contribution in [2.45, 2.75) is 11.5 Å². The van der Waals surface area contributed by atoms with Crippen LogP contribution in [0.1, 0.15) is 16.9 Å². The number of hydrogen-bond acceptors (Lipinski definition) is 3. The van der Waals surface area contributed by atoms with Gasteiger partial charge in [-0.25, -0.2) is 4.39 Å². The van der Waals surface area contributed by atoms with Crippen LogP contribution in [-0.4, -0.2) is 6.54 Å². The largest absolute Gasteiger partial charge is 0.468 e. The summed E-state index contributed by atoms with van der Waals surface area (Å²) in [5, 5.41) is 0. The topological polar surface area (TPSA) is 39.2 Å². The van der Waals surface area contributed by atoms with E-state index in [1.54, 1.807) is 30.2 Å². The molecule has 98 valence electrons. The number of rotatable bonds is 4. The molecule has 0 atom stereocenters. The van der Waals surface area contributed by atoms with E-state index in [0.717, 1.165) is 22.8 Å². The molecular formula is C15H14FNOS. The van der Waals surface area contributed by atoms with Crippen LogP contribution >= 0.6 is 11.8 Å². The molecule has 1 heterocycles. The Morgan fingerprint density at radius 3 is 2.89 bits per heavy atom. The fourth-order valence-electron chi connectivity index (χ4n) is 1.57. The second-order valence-corrected chi connectivity index (χ2v) is 4.88. The molecule has 0 aliphatic carbocycles. The van der Waals surface area contributed by atoms with Gasteiger partial charge in [0, 0.05) is 5.75 Å². The maximum absolute atomic E-state index is 13.5. The number of furan rings is 1. The highest BCUT2D eigenvalue weighted by atomic mass is 32.2. The number of benzene rings is 1. The van der Waals surface area contributed by atoms with Crippen LogP contribution in [0.5, 0.6) is 0 Å². The first kappa shape index (κ1) is 13.7. The molecule has 0 saturated heterocycles. The van der Waals surface area contributed by atoms with Crippen LogP contribution in [0, 0.1) is 17.7 Å². The molecule has 0 spiro atoms. The van der Waals surface area contributed by atoms with Gasteiger partial charge in [0.05, 0.1) is 24.1 Å². The van der Waals surface area contributed by atoms with E-state index in [9.17, 15) is 4.39 Å². The quantitative estimate of drug-likeness (QED) is 0.871. The standard InChI is InChI=1S/C15H14FNOS/c16-15-6-5-12(9-13(15)3-1-7-17)10-19-11-14-4-2-8-18-14/h2,4-6,8-9H,7,10-11,17H2. The minimum atomic E-state index is -0.305. The van der Waals surface area contributed by atoms with Gasteiger partial charge in [-0.15, -0.1) is 11.8 Å². The Morgan fingerprint density at radius 2 is 2.16 bits per heavy atom. The number of thioether (sulfide) groups is 1. The summed E-state index contributed by atoms with van der Waals surface area (Å²) in [6.07, 6.45) is 1.66. The zero-order valence-corrected chi connectivity index (χ0v) is 11.2. The summed E-state index contributed by atoms with van der Waals surface area (Å²) in [5.41, 5.74) is 6.73. The van der Waals surface area contributed by atoms with Crippen LogP contribution in [0.25, 0.3) is 0 Å². The molecule has 4 heteroatoms. The highest BCUT2D eigenvalue weighted by Gasteiger charge is 2.02. The molecular weight excluding hydrogens is 261 g/mol. The van der Waals surface area contributed by atoms with Gasteiger partial charge in [-0.3, -0.25) is 0 Å². The molecule has 19 heavy (non-hydrogen) atoms. The molecule has 1 aromatic carbocycles. The van der Waals surface area contributed by atoms with Crippen LogP contribution in [-0.2, 0) is 11.5 Å². The van der Waals surface area contributed by atoms with Crippen molar-refractivity contribution in [1.82, 2.24) is 0 Å². The smallest absolute Gasteiger partial charge is 0.138 e. The van der Waals surface area contributed by atoms with Crippen molar-refractivity contribution >= 4 is 11.8 Å². The molecule has 0 aliphatic rings. The van der Waals surface area contributed by atoms with E-state index >= 15 is 0 Å². The molecule has 2 rings (SSSR count). The average Bonchev–Trinajstić information content (AvgIpc) is 2.92. The lowest BCUT2D eigenvalue weighted by molar-refractivity contribution is 0.530. The maximum atomic E-state index is 13.5. The minimum Gasteiger partial charge on any atom is -0.468 e. The van der Waals surface area contributed by atoms with Gasteiger partial charge in [0.2, 0.25) is 0 Å². The molecule has 0 unspecified atom stereocenters. The Morgan fingerprint density at radius 1 is 1.26 bits per heavy atom. The third kappa shape index (κ3) is 4.16. The van der Waals surface area contributed by atoms with E-state index in [-0.39, 0.29) is 12.4 Å². The maximum Gasteiger partial charge on any atom is 0.138 e. The molecule has 0 aliphatic heterocycles. The molecule has 0 amide bonds. The first-order valence-electron chi connectivity index (χ1n) is 5.87. The van der Waals surface area contributed by atoms with Crippen LogP contribution in [0.2, 0.25) is 0 Å². The summed E-state index contributed by atoms with van der Waals surface area (Å²) in [4.78, 5) is 0. The minimum absolute atomic E-state index is 0.233. The fraction of sp³-hybridized carbons (Fsp3) is 0.200. The summed E-state index contributed by atoms with van der Waals surface area (Å²) in [6, 6.07) is 8.80. The first-order chi connectivity index (χ1) is 9.29. The van der Waals surface area contributed by atoms with Gasteiger partial charge in [0.1, 0.15) is 11.6 Å². The fourth-order valence-corrected chi connectivity index (χ4v) is 2.45. The van der Waals surface area contributed by atoms with Crippen LogP contribution in [0.4, 0.5) is 4.39 Å². The van der Waals surface area contributed by atoms with E-state index in [1.165, 1.54) is 6.07 Å². The number of nitrogens with two attached hydrogens (primary N) is 1. The van der Waals surface area contributed by atoms with Crippen molar-refractivity contribution in [2.75, 3.05) is 6.54 Å². The lowest BCUT2D eigenvalue weighted by Crippen LogP contribution is -1.94. The monoisotopic (exact) mass is 275 g/mol. The van der Waals surface area contributed by atoms with E-state index in [1.807, 2.05) is 12.1 Å². The number of halogens is 1. The van der Waals surface area contributed by atoms with Gasteiger partial charge in [-0.05, 0) is 29.8 Å². The highest BCUT2D eigenvalue weighted by molar-refractivity contribution is 7.97. The Bertz CT molecular complexity index is 584. The lowest BCUT2D eigenvalue weighted by atomic mass is 10.1. The Balaban J connectivity index is 1.96. The Hall–Kier alpha value is -1.70. The van der Waals surface area contributed by atoms with Crippen molar-refractivity contribution in [3.05, 3.63) is 59.3 Å². The lowest BCUT2D eigenvalue weighted by Gasteiger charge is -2.02. The SMILES string of the molecule is NCC#Cc1cc(CSCc2ccco2)ccc1F. The molecule has 2 N–H and O–H groups in total. The van der Waals surface area contributed by atoms with Crippen molar-refractivity contribution in [2.24, 2.45) is 5.73 Å². The van der Waals surface area contributed by atoms with E-state index in [2.05, 4.69) is 11.8 Å². The van der Waals surface area contributed by atoms with Crippen molar-refractivity contribution < 1.29 is 8.81 Å². The van der Waals surface area contributed by atoms with Gasteiger partial charge in [0.25, 0.3) is 0 Å².